The second-order valence-electron chi connectivity index (χ2n) is 7.90. The minimum Gasteiger partial charge on any atom is -0.420 e. The van der Waals surface area contributed by atoms with Gasteiger partial charge in [0.2, 0.25) is 0 Å². The van der Waals surface area contributed by atoms with Crippen molar-refractivity contribution in [3.8, 4) is 0 Å². The van der Waals surface area contributed by atoms with Crippen LogP contribution in [0.5, 0.6) is 0 Å². The maximum atomic E-state index is 7.06. The Hall–Kier alpha value is -1.47. The van der Waals surface area contributed by atoms with Crippen molar-refractivity contribution < 1.29 is 8.85 Å². The lowest BCUT2D eigenvalue weighted by Crippen LogP contribution is -2.55. The van der Waals surface area contributed by atoms with Crippen LogP contribution in [0.3, 0.4) is 0 Å². The third-order valence-electron chi connectivity index (χ3n) is 6.07. The molecule has 2 nitrogen and oxygen atoms in total. The minimum absolute atomic E-state index is 0.192. The Morgan fingerprint density at radius 1 is 1.00 bits per heavy atom. The van der Waals surface area contributed by atoms with Gasteiger partial charge in [-0.1, -0.05) is 78.7 Å². The van der Waals surface area contributed by atoms with Gasteiger partial charge < -0.3 is 8.85 Å². The molecule has 0 N–H and O–H groups in total. The van der Waals surface area contributed by atoms with Gasteiger partial charge in [-0.3, -0.25) is 0 Å². The first-order valence-corrected chi connectivity index (χ1v) is 14.6. The second-order valence-corrected chi connectivity index (χ2v) is 14.1. The van der Waals surface area contributed by atoms with Crippen LogP contribution >= 0.6 is 0 Å². The molecule has 0 saturated carbocycles. The molecule has 4 heteroatoms. The Morgan fingerprint density at radius 2 is 1.74 bits per heavy atom. The van der Waals surface area contributed by atoms with E-state index in [4.69, 9.17) is 8.85 Å². The van der Waals surface area contributed by atoms with E-state index in [1.54, 1.807) is 0 Å². The SMILES string of the molecule is C=C(C[SiH]1CCCCO1)[Si]1(c2ccccc2)CCCC(c2ccccc2)O1. The number of rotatable bonds is 5. The Kier molecular flexibility index (Phi) is 6.08. The molecule has 2 saturated heterocycles. The summed E-state index contributed by atoms with van der Waals surface area (Å²) in [6, 6.07) is 25.2. The third kappa shape index (κ3) is 4.19. The summed E-state index contributed by atoms with van der Waals surface area (Å²) in [7, 11) is -3.39. The molecule has 4 rings (SSSR count). The van der Waals surface area contributed by atoms with Crippen molar-refractivity contribution in [2.45, 2.75) is 49.9 Å². The zero-order valence-electron chi connectivity index (χ0n) is 16.1. The lowest BCUT2D eigenvalue weighted by molar-refractivity contribution is 0.167. The predicted molar refractivity (Wildman–Crippen MR) is 117 cm³/mol. The van der Waals surface area contributed by atoms with E-state index < -0.39 is 17.4 Å². The van der Waals surface area contributed by atoms with E-state index in [1.807, 2.05) is 0 Å². The van der Waals surface area contributed by atoms with Crippen molar-refractivity contribution in [1.82, 2.24) is 0 Å². The van der Waals surface area contributed by atoms with E-state index in [2.05, 4.69) is 67.2 Å². The summed E-state index contributed by atoms with van der Waals surface area (Å²) in [4.78, 5) is 0. The van der Waals surface area contributed by atoms with Crippen LogP contribution in [-0.4, -0.2) is 24.0 Å². The van der Waals surface area contributed by atoms with Crippen LogP contribution in [0.25, 0.3) is 0 Å². The van der Waals surface area contributed by atoms with Gasteiger partial charge in [0.15, 0.2) is 9.04 Å². The van der Waals surface area contributed by atoms with Gasteiger partial charge in [0, 0.05) is 6.61 Å². The molecule has 2 aromatic rings. The van der Waals surface area contributed by atoms with E-state index >= 15 is 0 Å². The Bertz CT molecular complexity index is 743. The molecule has 0 aromatic heterocycles. The smallest absolute Gasteiger partial charge is 0.251 e. The van der Waals surface area contributed by atoms with Gasteiger partial charge in [-0.2, -0.15) is 0 Å². The molecule has 2 fully saturated rings. The average Bonchev–Trinajstić information content (AvgIpc) is 2.76. The topological polar surface area (TPSA) is 18.5 Å². The molecule has 3 atom stereocenters. The van der Waals surface area contributed by atoms with Crippen LogP contribution in [0.15, 0.2) is 72.4 Å². The maximum absolute atomic E-state index is 7.06. The molecule has 0 spiro atoms. The van der Waals surface area contributed by atoms with Crippen LogP contribution in [0.4, 0.5) is 0 Å². The molecule has 2 aromatic carbocycles. The van der Waals surface area contributed by atoms with Crippen LogP contribution in [0, 0.1) is 0 Å². The highest BCUT2D eigenvalue weighted by molar-refractivity contribution is 6.93. The molecule has 0 aliphatic carbocycles. The molecule has 0 bridgehead atoms. The van der Waals surface area contributed by atoms with E-state index in [-0.39, 0.29) is 6.10 Å². The van der Waals surface area contributed by atoms with Crippen LogP contribution in [0.1, 0.15) is 37.4 Å². The highest BCUT2D eigenvalue weighted by atomic mass is 28.4. The zero-order valence-corrected chi connectivity index (χ0v) is 18.3. The molecule has 27 heavy (non-hydrogen) atoms. The Labute approximate surface area is 166 Å². The summed E-state index contributed by atoms with van der Waals surface area (Å²) in [5.74, 6) is 0. The molecule has 2 aliphatic rings. The summed E-state index contributed by atoms with van der Waals surface area (Å²) in [5, 5.41) is 2.76. The molecular weight excluding hydrogens is 364 g/mol. The summed E-state index contributed by atoms with van der Waals surface area (Å²) < 4.78 is 13.2. The Balaban J connectivity index is 1.63. The number of hydrogen-bond acceptors (Lipinski definition) is 2. The van der Waals surface area contributed by atoms with Crippen molar-refractivity contribution in [2.24, 2.45) is 0 Å². The minimum atomic E-state index is -2.23. The highest BCUT2D eigenvalue weighted by Crippen LogP contribution is 2.40. The number of allylic oxidation sites excluding steroid dienone is 1. The molecule has 142 valence electrons. The predicted octanol–water partition coefficient (Wildman–Crippen LogP) is 5.02. The molecule has 2 aliphatic heterocycles. The van der Waals surface area contributed by atoms with Crippen molar-refractivity contribution in [3.63, 3.8) is 0 Å². The third-order valence-corrected chi connectivity index (χ3v) is 13.5. The second kappa shape index (κ2) is 8.69. The van der Waals surface area contributed by atoms with Crippen molar-refractivity contribution in [2.75, 3.05) is 6.61 Å². The lowest BCUT2D eigenvalue weighted by atomic mass is 10.1. The van der Waals surface area contributed by atoms with Crippen LogP contribution < -0.4 is 5.19 Å². The van der Waals surface area contributed by atoms with Gasteiger partial charge in [-0.15, -0.1) is 6.58 Å². The summed E-state index contributed by atoms with van der Waals surface area (Å²) >= 11 is 0. The van der Waals surface area contributed by atoms with Crippen molar-refractivity contribution >= 4 is 22.5 Å². The largest absolute Gasteiger partial charge is 0.420 e. The van der Waals surface area contributed by atoms with Gasteiger partial charge >= 0.3 is 0 Å². The van der Waals surface area contributed by atoms with Gasteiger partial charge in [-0.05, 0) is 41.7 Å². The van der Waals surface area contributed by atoms with Crippen molar-refractivity contribution in [3.05, 3.63) is 78.0 Å². The quantitative estimate of drug-likeness (QED) is 0.663. The fourth-order valence-corrected chi connectivity index (χ4v) is 12.5. The van der Waals surface area contributed by atoms with Crippen LogP contribution in [-0.2, 0) is 8.85 Å². The van der Waals surface area contributed by atoms with E-state index in [0.717, 1.165) is 25.1 Å². The van der Waals surface area contributed by atoms with E-state index in [0.29, 0.717) is 0 Å². The van der Waals surface area contributed by atoms with E-state index in [1.165, 1.54) is 41.3 Å². The molecule has 0 amide bonds. The first-order chi connectivity index (χ1) is 13.3. The summed E-state index contributed by atoms with van der Waals surface area (Å²) in [6.07, 6.45) is 5.07. The van der Waals surface area contributed by atoms with Crippen molar-refractivity contribution in [1.29, 1.82) is 0 Å². The van der Waals surface area contributed by atoms with Gasteiger partial charge in [0.25, 0.3) is 8.32 Å². The number of hydrogen-bond donors (Lipinski definition) is 0. The first kappa shape index (κ1) is 18.9. The zero-order chi connectivity index (χ0) is 18.5. The average molecular weight is 395 g/mol. The Morgan fingerprint density at radius 3 is 2.44 bits per heavy atom. The summed E-state index contributed by atoms with van der Waals surface area (Å²) in [6.45, 7) is 5.60. The standard InChI is InChI=1S/C23H30O2Si2/c1-20(19-26-17-9-8-16-24-26)27(22-13-6-3-7-14-22)18-10-15-23(25-27)21-11-4-2-5-12-21/h2-7,11-14,23,26H,1,8-10,15-19H2. The maximum Gasteiger partial charge on any atom is 0.251 e. The molecule has 0 radical (unpaired) electrons. The molecule has 2 heterocycles. The summed E-state index contributed by atoms with van der Waals surface area (Å²) in [5.41, 5.74) is 1.31. The van der Waals surface area contributed by atoms with E-state index in [9.17, 15) is 0 Å². The fraction of sp³-hybridized carbons (Fsp3) is 0.391. The fourth-order valence-electron chi connectivity index (χ4n) is 4.59. The first-order valence-electron chi connectivity index (χ1n) is 10.4. The number of benzene rings is 2. The van der Waals surface area contributed by atoms with Gasteiger partial charge in [0.1, 0.15) is 0 Å². The highest BCUT2D eigenvalue weighted by Gasteiger charge is 2.45. The lowest BCUT2D eigenvalue weighted by Gasteiger charge is -2.42. The molecule has 3 unspecified atom stereocenters. The van der Waals surface area contributed by atoms with Gasteiger partial charge in [0.05, 0.1) is 6.10 Å². The molecular formula is C23H30O2Si2. The van der Waals surface area contributed by atoms with Gasteiger partial charge in [-0.25, -0.2) is 0 Å². The normalized spacial score (nSPS) is 28.6. The van der Waals surface area contributed by atoms with Crippen LogP contribution in [0.2, 0.25) is 18.1 Å². The monoisotopic (exact) mass is 394 g/mol.